The largest absolute Gasteiger partial charge is 0.322 e. The number of nitrogens with zero attached hydrogens (tertiary/aromatic N) is 1. The van der Waals surface area contributed by atoms with Crippen LogP contribution in [0.3, 0.4) is 0 Å². The van der Waals surface area contributed by atoms with Gasteiger partial charge in [0.15, 0.2) is 0 Å². The van der Waals surface area contributed by atoms with E-state index in [-0.39, 0.29) is 24.1 Å². The topological polar surface area (TPSA) is 90.5 Å². The maximum absolute atomic E-state index is 12.7. The van der Waals surface area contributed by atoms with Crippen LogP contribution in [0.1, 0.15) is 41.3 Å². The molecule has 2 saturated heterocycles. The van der Waals surface area contributed by atoms with Gasteiger partial charge < -0.3 is 15.5 Å². The third-order valence-electron chi connectivity index (χ3n) is 5.74. The van der Waals surface area contributed by atoms with Crippen LogP contribution >= 0.6 is 0 Å². The molecule has 0 bridgehead atoms. The van der Waals surface area contributed by atoms with Gasteiger partial charge in [-0.3, -0.25) is 19.7 Å². The minimum absolute atomic E-state index is 0.122. The zero-order valence-electron chi connectivity index (χ0n) is 14.9. The van der Waals surface area contributed by atoms with Gasteiger partial charge in [-0.15, -0.1) is 0 Å². The maximum atomic E-state index is 12.7. The fraction of sp³-hybridized carbons (Fsp3) is 0.526. The summed E-state index contributed by atoms with van der Waals surface area (Å²) in [5.74, 6) is -0.0799. The van der Waals surface area contributed by atoms with Gasteiger partial charge in [0.2, 0.25) is 11.8 Å². The first-order valence-electron chi connectivity index (χ1n) is 9.23. The summed E-state index contributed by atoms with van der Waals surface area (Å²) in [4.78, 5) is 37.7. The van der Waals surface area contributed by atoms with Gasteiger partial charge in [0.25, 0.3) is 5.91 Å². The molecule has 3 heterocycles. The molecular formula is C19H24N4O3. The molecule has 1 aromatic carbocycles. The molecule has 2 fully saturated rings. The summed E-state index contributed by atoms with van der Waals surface area (Å²) in [7, 11) is 0. The van der Waals surface area contributed by atoms with E-state index in [2.05, 4.69) is 28.9 Å². The van der Waals surface area contributed by atoms with Crippen LogP contribution < -0.4 is 16.0 Å². The average molecular weight is 356 g/mol. The van der Waals surface area contributed by atoms with Crippen LogP contribution in [0.15, 0.2) is 18.2 Å². The second-order valence-corrected chi connectivity index (χ2v) is 7.48. The molecule has 3 aliphatic heterocycles. The molecule has 138 valence electrons. The molecule has 2 unspecified atom stereocenters. The van der Waals surface area contributed by atoms with Gasteiger partial charge in [0, 0.05) is 44.2 Å². The smallest absolute Gasteiger partial charge is 0.255 e. The Labute approximate surface area is 152 Å². The lowest BCUT2D eigenvalue weighted by Gasteiger charge is -2.33. The number of hydrogen-bond donors (Lipinski definition) is 3. The van der Waals surface area contributed by atoms with Gasteiger partial charge in [-0.05, 0) is 36.5 Å². The van der Waals surface area contributed by atoms with Gasteiger partial charge in [-0.1, -0.05) is 12.1 Å². The van der Waals surface area contributed by atoms with Crippen molar-refractivity contribution in [3.8, 4) is 0 Å². The van der Waals surface area contributed by atoms with Crippen LogP contribution in [0.4, 0.5) is 0 Å². The maximum Gasteiger partial charge on any atom is 0.255 e. The van der Waals surface area contributed by atoms with E-state index in [9.17, 15) is 14.4 Å². The van der Waals surface area contributed by atoms with Crippen LogP contribution in [-0.4, -0.2) is 47.8 Å². The standard InChI is InChI=1S/C19H24N4O3/c1-11(14-8-20-9-14)21-7-12-2-3-15-13(6-12)10-23(19(15)26)16-4-5-17(24)22-18(16)25/h2-3,6,11,14,16,20-21H,4-5,7-10H2,1H3,(H,22,24,25). The summed E-state index contributed by atoms with van der Waals surface area (Å²) in [5.41, 5.74) is 2.76. The van der Waals surface area contributed by atoms with Crippen molar-refractivity contribution in [3.63, 3.8) is 0 Å². The first kappa shape index (κ1) is 17.2. The molecule has 7 heteroatoms. The van der Waals surface area contributed by atoms with E-state index >= 15 is 0 Å². The quantitative estimate of drug-likeness (QED) is 0.653. The molecule has 26 heavy (non-hydrogen) atoms. The van der Waals surface area contributed by atoms with Crippen molar-refractivity contribution in [1.82, 2.24) is 20.9 Å². The van der Waals surface area contributed by atoms with Crippen LogP contribution in [0.5, 0.6) is 0 Å². The fourth-order valence-electron chi connectivity index (χ4n) is 3.85. The Balaban J connectivity index is 1.43. The van der Waals surface area contributed by atoms with Gasteiger partial charge in [0.05, 0.1) is 0 Å². The van der Waals surface area contributed by atoms with Crippen LogP contribution in [0.25, 0.3) is 0 Å². The number of carbonyl (C=O) groups excluding carboxylic acids is 3. The Kier molecular flexibility index (Phi) is 4.50. The Hall–Kier alpha value is -2.25. The summed E-state index contributed by atoms with van der Waals surface area (Å²) in [6.45, 7) is 5.52. The molecule has 7 nitrogen and oxygen atoms in total. The van der Waals surface area contributed by atoms with Crippen LogP contribution in [0, 0.1) is 5.92 Å². The van der Waals surface area contributed by atoms with Crippen LogP contribution in [0.2, 0.25) is 0 Å². The van der Waals surface area contributed by atoms with E-state index in [0.29, 0.717) is 30.5 Å². The number of hydrogen-bond acceptors (Lipinski definition) is 5. The number of nitrogens with one attached hydrogen (secondary N) is 3. The average Bonchev–Trinajstić information content (AvgIpc) is 2.88. The first-order chi connectivity index (χ1) is 12.5. The molecule has 2 atom stereocenters. The van der Waals surface area contributed by atoms with E-state index in [4.69, 9.17) is 0 Å². The van der Waals surface area contributed by atoms with Crippen molar-refractivity contribution in [3.05, 3.63) is 34.9 Å². The van der Waals surface area contributed by atoms with Crippen molar-refractivity contribution in [2.45, 2.75) is 44.9 Å². The lowest BCUT2D eigenvalue weighted by molar-refractivity contribution is -0.136. The Morgan fingerprint density at radius 1 is 1.27 bits per heavy atom. The zero-order valence-corrected chi connectivity index (χ0v) is 14.9. The van der Waals surface area contributed by atoms with E-state index in [1.54, 1.807) is 4.90 Å². The van der Waals surface area contributed by atoms with E-state index in [1.807, 2.05) is 12.1 Å². The fourth-order valence-corrected chi connectivity index (χ4v) is 3.85. The number of amides is 3. The summed E-state index contributed by atoms with van der Waals surface area (Å²) in [6.07, 6.45) is 0.672. The van der Waals surface area contributed by atoms with Crippen molar-refractivity contribution < 1.29 is 14.4 Å². The Bertz CT molecular complexity index is 759. The number of carbonyl (C=O) groups is 3. The Morgan fingerprint density at radius 2 is 2.08 bits per heavy atom. The van der Waals surface area contributed by atoms with Crippen molar-refractivity contribution in [1.29, 1.82) is 0 Å². The second kappa shape index (κ2) is 6.81. The minimum Gasteiger partial charge on any atom is -0.322 e. The van der Waals surface area contributed by atoms with E-state index in [0.717, 1.165) is 30.8 Å². The summed E-state index contributed by atoms with van der Waals surface area (Å²) in [5, 5.41) is 9.17. The van der Waals surface area contributed by atoms with Crippen molar-refractivity contribution in [2.75, 3.05) is 13.1 Å². The van der Waals surface area contributed by atoms with E-state index in [1.165, 1.54) is 0 Å². The lowest BCUT2D eigenvalue weighted by Crippen LogP contribution is -2.52. The molecule has 0 aromatic heterocycles. The highest BCUT2D eigenvalue weighted by Crippen LogP contribution is 2.28. The van der Waals surface area contributed by atoms with Gasteiger partial charge in [-0.25, -0.2) is 0 Å². The van der Waals surface area contributed by atoms with Gasteiger partial charge in [0.1, 0.15) is 6.04 Å². The predicted octanol–water partition coefficient (Wildman–Crippen LogP) is 0.145. The van der Waals surface area contributed by atoms with Crippen molar-refractivity contribution in [2.24, 2.45) is 5.92 Å². The highest BCUT2D eigenvalue weighted by molar-refractivity contribution is 6.05. The van der Waals surface area contributed by atoms with E-state index < -0.39 is 6.04 Å². The lowest BCUT2D eigenvalue weighted by atomic mass is 9.95. The second-order valence-electron chi connectivity index (χ2n) is 7.48. The number of imide groups is 1. The van der Waals surface area contributed by atoms with Gasteiger partial charge >= 0.3 is 0 Å². The molecule has 0 radical (unpaired) electrons. The SMILES string of the molecule is CC(NCc1ccc2c(c1)CN(C1CCC(=O)NC1=O)C2=O)C1CNC1. The molecule has 3 amide bonds. The Morgan fingerprint density at radius 3 is 2.77 bits per heavy atom. The normalized spacial score (nSPS) is 24.3. The third-order valence-corrected chi connectivity index (χ3v) is 5.74. The highest BCUT2D eigenvalue weighted by Gasteiger charge is 2.39. The third kappa shape index (κ3) is 3.12. The summed E-state index contributed by atoms with van der Waals surface area (Å²) in [6, 6.07) is 5.78. The molecule has 4 rings (SSSR count). The minimum atomic E-state index is -0.555. The number of fused-ring (bicyclic) bond motifs is 1. The molecule has 0 saturated carbocycles. The highest BCUT2D eigenvalue weighted by atomic mass is 16.2. The van der Waals surface area contributed by atoms with Gasteiger partial charge in [-0.2, -0.15) is 0 Å². The molecule has 0 spiro atoms. The molecule has 3 aliphatic rings. The van der Waals surface area contributed by atoms with Crippen LogP contribution in [-0.2, 0) is 22.7 Å². The molecule has 3 N–H and O–H groups in total. The summed E-state index contributed by atoms with van der Waals surface area (Å²) < 4.78 is 0. The monoisotopic (exact) mass is 356 g/mol. The zero-order chi connectivity index (χ0) is 18.3. The molecule has 0 aliphatic carbocycles. The van der Waals surface area contributed by atoms with Crippen molar-refractivity contribution >= 4 is 17.7 Å². The predicted molar refractivity (Wildman–Crippen MR) is 95.1 cm³/mol. The number of piperidine rings is 1. The molecular weight excluding hydrogens is 332 g/mol. The summed E-state index contributed by atoms with van der Waals surface area (Å²) >= 11 is 0. The number of rotatable bonds is 5. The first-order valence-corrected chi connectivity index (χ1v) is 9.23. The molecule has 1 aromatic rings. The number of benzene rings is 1.